The minimum Gasteiger partial charge on any atom is -0.430 e. The molecule has 0 saturated heterocycles. The summed E-state index contributed by atoms with van der Waals surface area (Å²) < 4.78 is 5.97. The summed E-state index contributed by atoms with van der Waals surface area (Å²) in [6, 6.07) is 14.5. The van der Waals surface area contributed by atoms with E-state index in [2.05, 4.69) is 38.1 Å². The molecule has 2 aromatic rings. The second kappa shape index (κ2) is 7.54. The molecule has 30 heavy (non-hydrogen) atoms. The Hall–Kier alpha value is -2.68. The number of hydrogen-bond donors (Lipinski definition) is 0. The molecule has 0 amide bonds. The zero-order valence-electron chi connectivity index (χ0n) is 18.5. The highest BCUT2D eigenvalue weighted by Gasteiger charge is 2.44. The summed E-state index contributed by atoms with van der Waals surface area (Å²) in [6.45, 7) is 9.65. The van der Waals surface area contributed by atoms with Gasteiger partial charge in [0.25, 0.3) is 0 Å². The number of benzene rings is 2. The maximum absolute atomic E-state index is 13.4. The Balaban J connectivity index is 1.86. The lowest BCUT2D eigenvalue weighted by atomic mass is 9.80. The Morgan fingerprint density at radius 3 is 2.13 bits per heavy atom. The summed E-state index contributed by atoms with van der Waals surface area (Å²) in [5, 5.41) is 0. The lowest BCUT2D eigenvalue weighted by molar-refractivity contribution is -0.149. The standard InChI is InChI=1S/C27H30O3/c1-16-13-21(18-9-7-6-8-10-18)14-17(2)22(16)23-24(28)19-11-12-20(15-19)25(23)30-26(29)27(3,4)5/h6-10,13-14,19-20H,11-12,15H2,1-5H3/t19-,20+/m1/s1. The van der Waals surface area contributed by atoms with E-state index in [0.717, 1.165) is 47.1 Å². The third-order valence-corrected chi connectivity index (χ3v) is 6.37. The van der Waals surface area contributed by atoms with Crippen LogP contribution in [0, 0.1) is 31.1 Å². The van der Waals surface area contributed by atoms with Crippen LogP contribution in [0.25, 0.3) is 16.7 Å². The fourth-order valence-corrected chi connectivity index (χ4v) is 4.78. The summed E-state index contributed by atoms with van der Waals surface area (Å²) in [7, 11) is 0. The molecule has 0 N–H and O–H groups in total. The lowest BCUT2D eigenvalue weighted by Crippen LogP contribution is -2.29. The number of rotatable bonds is 3. The summed E-state index contributed by atoms with van der Waals surface area (Å²) in [5.74, 6) is 0.673. The molecular weight excluding hydrogens is 372 g/mol. The predicted octanol–water partition coefficient (Wildman–Crippen LogP) is 6.27. The van der Waals surface area contributed by atoms with E-state index in [1.165, 1.54) is 0 Å². The van der Waals surface area contributed by atoms with Gasteiger partial charge in [-0.15, -0.1) is 0 Å². The maximum atomic E-state index is 13.4. The third kappa shape index (κ3) is 3.62. The van der Waals surface area contributed by atoms with Crippen LogP contribution in [0.1, 0.15) is 56.7 Å². The lowest BCUT2D eigenvalue weighted by Gasteiger charge is -2.28. The molecule has 2 aliphatic carbocycles. The molecule has 2 aliphatic rings. The van der Waals surface area contributed by atoms with Crippen molar-refractivity contribution in [2.24, 2.45) is 17.3 Å². The van der Waals surface area contributed by atoms with Crippen LogP contribution in [0.15, 0.2) is 48.2 Å². The van der Waals surface area contributed by atoms with Crippen LogP contribution in [-0.2, 0) is 14.3 Å². The average Bonchev–Trinajstić information content (AvgIpc) is 3.14. The highest BCUT2D eigenvalue weighted by atomic mass is 16.5. The number of allylic oxidation sites excluding steroid dienone is 2. The number of ether oxygens (including phenoxy) is 1. The first kappa shape index (κ1) is 20.6. The molecule has 3 nitrogen and oxygen atoms in total. The van der Waals surface area contributed by atoms with Crippen molar-refractivity contribution in [1.82, 2.24) is 0 Å². The number of carbonyl (C=O) groups is 2. The van der Waals surface area contributed by atoms with Gasteiger partial charge >= 0.3 is 5.97 Å². The van der Waals surface area contributed by atoms with E-state index in [1.807, 2.05) is 39.0 Å². The minimum absolute atomic E-state index is 0.0506. The fourth-order valence-electron chi connectivity index (χ4n) is 4.78. The molecule has 1 fully saturated rings. The van der Waals surface area contributed by atoms with Crippen LogP contribution < -0.4 is 0 Å². The number of fused-ring (bicyclic) bond motifs is 2. The van der Waals surface area contributed by atoms with Crippen molar-refractivity contribution in [3.05, 3.63) is 64.9 Å². The number of ketones is 1. The Bertz CT molecular complexity index is 1010. The number of Topliss-reactive ketones (excluding diaryl/α,β-unsaturated/α-hetero) is 1. The van der Waals surface area contributed by atoms with E-state index in [0.29, 0.717) is 11.3 Å². The Labute approximate surface area is 179 Å². The summed E-state index contributed by atoms with van der Waals surface area (Å²) >= 11 is 0. The molecule has 2 bridgehead atoms. The quantitative estimate of drug-likeness (QED) is 0.568. The monoisotopic (exact) mass is 402 g/mol. The first-order valence-corrected chi connectivity index (χ1v) is 10.8. The van der Waals surface area contributed by atoms with Crippen LogP contribution in [0.3, 0.4) is 0 Å². The van der Waals surface area contributed by atoms with E-state index >= 15 is 0 Å². The number of carbonyl (C=O) groups excluding carboxylic acids is 2. The van der Waals surface area contributed by atoms with Gasteiger partial charge in [0.1, 0.15) is 5.76 Å². The van der Waals surface area contributed by atoms with Gasteiger partial charge in [0.2, 0.25) is 0 Å². The fraction of sp³-hybridized carbons (Fsp3) is 0.407. The molecule has 2 atom stereocenters. The Kier molecular flexibility index (Phi) is 5.17. The van der Waals surface area contributed by atoms with E-state index in [9.17, 15) is 9.59 Å². The number of aryl methyl sites for hydroxylation is 2. The predicted molar refractivity (Wildman–Crippen MR) is 120 cm³/mol. The van der Waals surface area contributed by atoms with E-state index in [-0.39, 0.29) is 23.6 Å². The van der Waals surface area contributed by atoms with Crippen LogP contribution in [0.2, 0.25) is 0 Å². The molecule has 0 spiro atoms. The van der Waals surface area contributed by atoms with E-state index in [4.69, 9.17) is 4.74 Å². The van der Waals surface area contributed by atoms with Gasteiger partial charge in [-0.3, -0.25) is 9.59 Å². The Morgan fingerprint density at radius 1 is 0.933 bits per heavy atom. The van der Waals surface area contributed by atoms with Crippen molar-refractivity contribution in [2.45, 2.75) is 53.9 Å². The van der Waals surface area contributed by atoms with Crippen molar-refractivity contribution >= 4 is 17.3 Å². The van der Waals surface area contributed by atoms with Gasteiger partial charge in [0.05, 0.1) is 11.0 Å². The second-order valence-corrected chi connectivity index (χ2v) is 9.80. The van der Waals surface area contributed by atoms with Gasteiger partial charge in [-0.25, -0.2) is 0 Å². The van der Waals surface area contributed by atoms with Crippen LogP contribution in [0.4, 0.5) is 0 Å². The smallest absolute Gasteiger partial charge is 0.316 e. The molecule has 156 valence electrons. The molecule has 3 heteroatoms. The molecule has 2 aromatic carbocycles. The molecule has 0 aromatic heterocycles. The normalized spacial score (nSPS) is 21.2. The highest BCUT2D eigenvalue weighted by molar-refractivity contribution is 6.24. The van der Waals surface area contributed by atoms with E-state index in [1.54, 1.807) is 0 Å². The zero-order valence-corrected chi connectivity index (χ0v) is 18.5. The number of esters is 1. The van der Waals surface area contributed by atoms with Crippen LogP contribution in [-0.4, -0.2) is 11.8 Å². The third-order valence-electron chi connectivity index (χ3n) is 6.37. The van der Waals surface area contributed by atoms with Crippen molar-refractivity contribution in [1.29, 1.82) is 0 Å². The van der Waals surface area contributed by atoms with Crippen molar-refractivity contribution in [3.8, 4) is 11.1 Å². The Morgan fingerprint density at radius 2 is 1.53 bits per heavy atom. The van der Waals surface area contributed by atoms with Crippen molar-refractivity contribution in [2.75, 3.05) is 0 Å². The summed E-state index contributed by atoms with van der Waals surface area (Å²) in [5.41, 5.74) is 5.34. The molecule has 0 unspecified atom stereocenters. The SMILES string of the molecule is Cc1cc(-c2ccccc2)cc(C)c1C1=C(OC(=O)C(C)(C)C)[C@H]2CC[C@H](C2)C1=O. The largest absolute Gasteiger partial charge is 0.430 e. The molecule has 0 radical (unpaired) electrons. The van der Waals surface area contributed by atoms with Gasteiger partial charge < -0.3 is 4.74 Å². The second-order valence-electron chi connectivity index (χ2n) is 9.80. The van der Waals surface area contributed by atoms with Crippen molar-refractivity contribution in [3.63, 3.8) is 0 Å². The zero-order chi connectivity index (χ0) is 21.6. The summed E-state index contributed by atoms with van der Waals surface area (Å²) in [4.78, 5) is 26.2. The molecular formula is C27H30O3. The van der Waals surface area contributed by atoms with Gasteiger partial charge in [-0.05, 0) is 81.7 Å². The highest BCUT2D eigenvalue weighted by Crippen LogP contribution is 2.48. The molecule has 0 aliphatic heterocycles. The maximum Gasteiger partial charge on any atom is 0.316 e. The summed E-state index contributed by atoms with van der Waals surface area (Å²) in [6.07, 6.45) is 2.59. The average molecular weight is 403 g/mol. The minimum atomic E-state index is -0.613. The topological polar surface area (TPSA) is 43.4 Å². The van der Waals surface area contributed by atoms with Gasteiger partial charge in [-0.2, -0.15) is 0 Å². The van der Waals surface area contributed by atoms with E-state index < -0.39 is 5.41 Å². The molecule has 4 rings (SSSR count). The van der Waals surface area contributed by atoms with Crippen LogP contribution in [0.5, 0.6) is 0 Å². The first-order chi connectivity index (χ1) is 14.2. The van der Waals surface area contributed by atoms with Gasteiger partial charge in [-0.1, -0.05) is 42.5 Å². The first-order valence-electron chi connectivity index (χ1n) is 10.8. The molecule has 0 heterocycles. The van der Waals surface area contributed by atoms with Gasteiger partial charge in [0, 0.05) is 11.8 Å². The van der Waals surface area contributed by atoms with Crippen molar-refractivity contribution < 1.29 is 14.3 Å². The van der Waals surface area contributed by atoms with Crippen LogP contribution >= 0.6 is 0 Å². The number of hydrogen-bond acceptors (Lipinski definition) is 3. The molecule has 1 saturated carbocycles. The van der Waals surface area contributed by atoms with Gasteiger partial charge in [0.15, 0.2) is 5.78 Å².